The van der Waals surface area contributed by atoms with E-state index < -0.39 is 0 Å². The number of benzene rings is 1. The molecule has 2 heteroatoms. The molecule has 0 unspecified atom stereocenters. The highest BCUT2D eigenvalue weighted by Crippen LogP contribution is 2.10. The summed E-state index contributed by atoms with van der Waals surface area (Å²) in [4.78, 5) is 0. The Hall–Kier alpha value is -1.72. The van der Waals surface area contributed by atoms with E-state index >= 15 is 0 Å². The molecule has 0 bridgehead atoms. The van der Waals surface area contributed by atoms with E-state index in [0.29, 0.717) is 0 Å². The lowest BCUT2D eigenvalue weighted by Crippen LogP contribution is -1.81. The molecule has 16 heavy (non-hydrogen) atoms. The molecule has 0 aliphatic carbocycles. The van der Waals surface area contributed by atoms with Crippen LogP contribution in [0.1, 0.15) is 18.4 Å². The third-order valence-corrected chi connectivity index (χ3v) is 2.03. The first-order chi connectivity index (χ1) is 7.86. The minimum atomic E-state index is 0.103. The molecule has 0 atom stereocenters. The zero-order valence-corrected chi connectivity index (χ0v) is 9.44. The van der Waals surface area contributed by atoms with Crippen molar-refractivity contribution in [3.05, 3.63) is 42.0 Å². The van der Waals surface area contributed by atoms with Crippen molar-refractivity contribution in [2.75, 3.05) is 13.7 Å². The molecule has 2 nitrogen and oxygen atoms in total. The first kappa shape index (κ1) is 12.4. The van der Waals surface area contributed by atoms with Crippen molar-refractivity contribution in [3.8, 4) is 17.6 Å². The number of aliphatic hydroxyl groups excluding tert-OH is 1. The minimum absolute atomic E-state index is 0.103. The fourth-order valence-corrected chi connectivity index (χ4v) is 1.19. The summed E-state index contributed by atoms with van der Waals surface area (Å²) in [7, 11) is 1.65. The third-order valence-electron chi connectivity index (χ3n) is 2.03. The summed E-state index contributed by atoms with van der Waals surface area (Å²) >= 11 is 0. The Morgan fingerprint density at radius 3 is 2.62 bits per heavy atom. The second-order valence-corrected chi connectivity index (χ2v) is 3.22. The Balaban J connectivity index is 2.41. The monoisotopic (exact) mass is 216 g/mol. The van der Waals surface area contributed by atoms with Crippen LogP contribution in [0.15, 0.2) is 36.4 Å². The van der Waals surface area contributed by atoms with E-state index in [0.717, 1.165) is 24.2 Å². The number of ether oxygens (including phenoxy) is 1. The molecular formula is C14H16O2. The van der Waals surface area contributed by atoms with Crippen LogP contribution in [0.5, 0.6) is 5.75 Å². The Kier molecular flexibility index (Phi) is 5.83. The Labute approximate surface area is 96.6 Å². The average molecular weight is 216 g/mol. The van der Waals surface area contributed by atoms with E-state index in [1.165, 1.54) is 0 Å². The van der Waals surface area contributed by atoms with Crippen molar-refractivity contribution in [3.63, 3.8) is 0 Å². The lowest BCUT2D eigenvalue weighted by atomic mass is 10.2. The fourth-order valence-electron chi connectivity index (χ4n) is 1.19. The predicted octanol–water partition coefficient (Wildman–Crippen LogP) is 2.38. The molecule has 0 aliphatic rings. The number of hydrogen-bond acceptors (Lipinski definition) is 2. The maximum atomic E-state index is 8.52. The van der Waals surface area contributed by atoms with Gasteiger partial charge in [0, 0.05) is 12.0 Å². The van der Waals surface area contributed by atoms with Gasteiger partial charge in [-0.15, -0.1) is 0 Å². The van der Waals surface area contributed by atoms with Crippen molar-refractivity contribution < 1.29 is 9.84 Å². The van der Waals surface area contributed by atoms with Gasteiger partial charge in [0.25, 0.3) is 0 Å². The largest absolute Gasteiger partial charge is 0.497 e. The van der Waals surface area contributed by atoms with E-state index in [1.54, 1.807) is 13.2 Å². The SMILES string of the molecule is COc1ccc(C#CCC/C=C/CO)cc1. The maximum absolute atomic E-state index is 8.52. The van der Waals surface area contributed by atoms with Crippen LogP contribution in [0.3, 0.4) is 0 Å². The number of allylic oxidation sites excluding steroid dienone is 1. The number of unbranched alkanes of at least 4 members (excludes halogenated alkanes) is 1. The van der Waals surface area contributed by atoms with Crippen LogP contribution >= 0.6 is 0 Å². The fraction of sp³-hybridized carbons (Fsp3) is 0.286. The van der Waals surface area contributed by atoms with Crippen LogP contribution < -0.4 is 4.74 Å². The molecule has 0 aliphatic heterocycles. The standard InChI is InChI=1S/C14H16O2/c1-16-14-10-8-13(9-11-14)7-5-3-2-4-6-12-15/h4,6,8-11,15H,2-3,12H2,1H3/b6-4+. The van der Waals surface area contributed by atoms with E-state index in [2.05, 4.69) is 11.8 Å². The molecule has 1 rings (SSSR count). The molecule has 0 saturated carbocycles. The Morgan fingerprint density at radius 1 is 1.25 bits per heavy atom. The summed E-state index contributed by atoms with van der Waals surface area (Å²) in [6, 6.07) is 7.68. The highest BCUT2D eigenvalue weighted by atomic mass is 16.5. The van der Waals surface area contributed by atoms with E-state index in [-0.39, 0.29) is 6.61 Å². The normalized spacial score (nSPS) is 9.88. The summed E-state index contributed by atoms with van der Waals surface area (Å²) in [5.41, 5.74) is 0.993. The minimum Gasteiger partial charge on any atom is -0.497 e. The van der Waals surface area contributed by atoms with E-state index in [1.807, 2.05) is 30.3 Å². The number of hydrogen-bond donors (Lipinski definition) is 1. The molecule has 1 N–H and O–H groups in total. The highest BCUT2D eigenvalue weighted by Gasteiger charge is 1.89. The Bertz CT molecular complexity index is 379. The molecule has 1 aromatic carbocycles. The van der Waals surface area contributed by atoms with Gasteiger partial charge in [0.1, 0.15) is 5.75 Å². The average Bonchev–Trinajstić information content (AvgIpc) is 2.34. The first-order valence-corrected chi connectivity index (χ1v) is 5.25. The van der Waals surface area contributed by atoms with E-state index in [9.17, 15) is 0 Å². The van der Waals surface area contributed by atoms with Crippen molar-refractivity contribution in [1.82, 2.24) is 0 Å². The molecule has 84 valence electrons. The van der Waals surface area contributed by atoms with Gasteiger partial charge in [0.05, 0.1) is 13.7 Å². The smallest absolute Gasteiger partial charge is 0.118 e. The maximum Gasteiger partial charge on any atom is 0.118 e. The lowest BCUT2D eigenvalue weighted by molar-refractivity contribution is 0.342. The molecule has 0 saturated heterocycles. The molecule has 0 fully saturated rings. The van der Waals surface area contributed by atoms with Gasteiger partial charge in [-0.05, 0) is 30.7 Å². The highest BCUT2D eigenvalue weighted by molar-refractivity contribution is 5.38. The summed E-state index contributed by atoms with van der Waals surface area (Å²) in [5.74, 6) is 6.99. The van der Waals surface area contributed by atoms with Gasteiger partial charge in [0.15, 0.2) is 0 Å². The Morgan fingerprint density at radius 2 is 2.00 bits per heavy atom. The van der Waals surface area contributed by atoms with Gasteiger partial charge in [0.2, 0.25) is 0 Å². The van der Waals surface area contributed by atoms with Gasteiger partial charge in [-0.1, -0.05) is 24.0 Å². The molecule has 0 heterocycles. The summed E-state index contributed by atoms with van der Waals surface area (Å²) < 4.78 is 5.06. The second kappa shape index (κ2) is 7.56. The lowest BCUT2D eigenvalue weighted by Gasteiger charge is -1.97. The molecule has 0 spiro atoms. The van der Waals surface area contributed by atoms with Crippen LogP contribution in [-0.2, 0) is 0 Å². The number of rotatable bonds is 4. The molecule has 1 aromatic rings. The number of methoxy groups -OCH3 is 1. The summed E-state index contributed by atoms with van der Waals surface area (Å²) in [6.07, 6.45) is 5.35. The topological polar surface area (TPSA) is 29.5 Å². The van der Waals surface area contributed by atoms with Crippen LogP contribution in [-0.4, -0.2) is 18.8 Å². The van der Waals surface area contributed by atoms with Crippen molar-refractivity contribution in [2.45, 2.75) is 12.8 Å². The van der Waals surface area contributed by atoms with Crippen LogP contribution in [0.2, 0.25) is 0 Å². The molecule has 0 aromatic heterocycles. The van der Waals surface area contributed by atoms with Gasteiger partial charge < -0.3 is 9.84 Å². The van der Waals surface area contributed by atoms with Crippen molar-refractivity contribution >= 4 is 0 Å². The second-order valence-electron chi connectivity index (χ2n) is 3.22. The van der Waals surface area contributed by atoms with E-state index in [4.69, 9.17) is 9.84 Å². The van der Waals surface area contributed by atoms with Gasteiger partial charge in [-0.3, -0.25) is 0 Å². The van der Waals surface area contributed by atoms with Gasteiger partial charge in [-0.2, -0.15) is 0 Å². The van der Waals surface area contributed by atoms with Crippen LogP contribution in [0, 0.1) is 11.8 Å². The zero-order valence-electron chi connectivity index (χ0n) is 9.44. The van der Waals surface area contributed by atoms with Crippen molar-refractivity contribution in [2.24, 2.45) is 0 Å². The van der Waals surface area contributed by atoms with Crippen LogP contribution in [0.4, 0.5) is 0 Å². The zero-order chi connectivity index (χ0) is 11.6. The predicted molar refractivity (Wildman–Crippen MR) is 65.3 cm³/mol. The number of aliphatic hydroxyl groups is 1. The molecule has 0 radical (unpaired) electrons. The van der Waals surface area contributed by atoms with Gasteiger partial charge >= 0.3 is 0 Å². The third kappa shape index (κ3) is 4.68. The van der Waals surface area contributed by atoms with Gasteiger partial charge in [-0.25, -0.2) is 0 Å². The first-order valence-electron chi connectivity index (χ1n) is 5.25. The summed E-state index contributed by atoms with van der Waals surface area (Å²) in [6.45, 7) is 0.103. The summed E-state index contributed by atoms with van der Waals surface area (Å²) in [5, 5.41) is 8.52. The van der Waals surface area contributed by atoms with Crippen LogP contribution in [0.25, 0.3) is 0 Å². The molecule has 0 amide bonds. The van der Waals surface area contributed by atoms with Crippen molar-refractivity contribution in [1.29, 1.82) is 0 Å². The quantitative estimate of drug-likeness (QED) is 0.475. The molecular weight excluding hydrogens is 200 g/mol.